The number of nitrogens with zero attached hydrogens (tertiary/aromatic N) is 1. The topological polar surface area (TPSA) is 53.6 Å². The van der Waals surface area contributed by atoms with Gasteiger partial charge in [-0.15, -0.1) is 24.8 Å². The summed E-state index contributed by atoms with van der Waals surface area (Å²) in [4.78, 5) is 15.0. The molecular formula is C18H37Cl2N3O2. The van der Waals surface area contributed by atoms with Gasteiger partial charge in [0.05, 0.1) is 18.2 Å². The quantitative estimate of drug-likeness (QED) is 0.722. The van der Waals surface area contributed by atoms with Crippen LogP contribution in [0.5, 0.6) is 0 Å². The van der Waals surface area contributed by atoms with Crippen LogP contribution in [0.2, 0.25) is 0 Å². The van der Waals surface area contributed by atoms with E-state index in [0.29, 0.717) is 11.8 Å². The number of morpholine rings is 1. The van der Waals surface area contributed by atoms with Crippen LogP contribution in [0.4, 0.5) is 0 Å². The number of carbonyl (C=O) groups is 1. The third-order valence-corrected chi connectivity index (χ3v) is 4.99. The lowest BCUT2D eigenvalue weighted by Gasteiger charge is -2.41. The van der Waals surface area contributed by atoms with Gasteiger partial charge < -0.3 is 15.4 Å². The van der Waals surface area contributed by atoms with Gasteiger partial charge in [0.15, 0.2) is 0 Å². The third-order valence-electron chi connectivity index (χ3n) is 4.99. The summed E-state index contributed by atoms with van der Waals surface area (Å²) in [6.07, 6.45) is 4.02. The van der Waals surface area contributed by atoms with Crippen molar-refractivity contribution < 1.29 is 9.53 Å². The highest BCUT2D eigenvalue weighted by Crippen LogP contribution is 2.19. The molecule has 2 aliphatic rings. The molecular weight excluding hydrogens is 361 g/mol. The van der Waals surface area contributed by atoms with Crippen LogP contribution in [0.25, 0.3) is 0 Å². The molecule has 0 spiro atoms. The molecule has 0 radical (unpaired) electrons. The first kappa shape index (κ1) is 24.9. The highest BCUT2D eigenvalue weighted by atomic mass is 35.5. The van der Waals surface area contributed by atoms with Crippen molar-refractivity contribution in [1.82, 2.24) is 15.5 Å². The zero-order valence-electron chi connectivity index (χ0n) is 16.1. The lowest BCUT2D eigenvalue weighted by molar-refractivity contribution is -0.135. The predicted molar refractivity (Wildman–Crippen MR) is 108 cm³/mol. The molecule has 0 aromatic carbocycles. The molecule has 4 unspecified atom stereocenters. The Hall–Kier alpha value is -0.0700. The van der Waals surface area contributed by atoms with Gasteiger partial charge in [-0.3, -0.25) is 9.69 Å². The Morgan fingerprint density at radius 3 is 2.40 bits per heavy atom. The Kier molecular flexibility index (Phi) is 12.3. The Morgan fingerprint density at radius 1 is 1.24 bits per heavy atom. The lowest BCUT2D eigenvalue weighted by Crippen LogP contribution is -2.57. The third kappa shape index (κ3) is 8.00. The summed E-state index contributed by atoms with van der Waals surface area (Å²) in [6, 6.07) is -0.0479. The number of rotatable bonds is 6. The Labute approximate surface area is 165 Å². The van der Waals surface area contributed by atoms with Gasteiger partial charge in [0.2, 0.25) is 5.91 Å². The maximum absolute atomic E-state index is 12.7. The minimum atomic E-state index is -0.0479. The average molecular weight is 398 g/mol. The molecule has 0 aromatic rings. The van der Waals surface area contributed by atoms with Crippen molar-refractivity contribution in [1.29, 1.82) is 0 Å². The van der Waals surface area contributed by atoms with Crippen LogP contribution in [0.3, 0.4) is 0 Å². The summed E-state index contributed by atoms with van der Waals surface area (Å²) in [5.41, 5.74) is 0. The van der Waals surface area contributed by atoms with Crippen LogP contribution < -0.4 is 10.6 Å². The molecule has 0 bridgehead atoms. The van der Waals surface area contributed by atoms with Crippen LogP contribution in [0, 0.1) is 11.8 Å². The maximum atomic E-state index is 12.7. The van der Waals surface area contributed by atoms with Gasteiger partial charge in [0, 0.05) is 19.6 Å². The molecule has 25 heavy (non-hydrogen) atoms. The van der Waals surface area contributed by atoms with Crippen LogP contribution in [-0.4, -0.2) is 61.8 Å². The van der Waals surface area contributed by atoms with Crippen molar-refractivity contribution in [3.63, 3.8) is 0 Å². The molecule has 2 heterocycles. The molecule has 150 valence electrons. The van der Waals surface area contributed by atoms with Gasteiger partial charge in [-0.2, -0.15) is 0 Å². The number of hydrogen-bond donors (Lipinski definition) is 2. The van der Waals surface area contributed by atoms with Gasteiger partial charge >= 0.3 is 0 Å². The summed E-state index contributed by atoms with van der Waals surface area (Å²) in [6.45, 7) is 13.2. The Balaban J connectivity index is 0.00000288. The second-order valence-electron chi connectivity index (χ2n) is 7.69. The fourth-order valence-electron chi connectivity index (χ4n) is 4.01. The fourth-order valence-corrected chi connectivity index (χ4v) is 4.01. The molecule has 0 aromatic heterocycles. The van der Waals surface area contributed by atoms with Crippen molar-refractivity contribution in [2.75, 3.05) is 32.7 Å². The number of carbonyl (C=O) groups excluding carboxylic acids is 1. The summed E-state index contributed by atoms with van der Waals surface area (Å²) in [5.74, 6) is 1.21. The van der Waals surface area contributed by atoms with Crippen molar-refractivity contribution in [3.8, 4) is 0 Å². The van der Waals surface area contributed by atoms with E-state index in [1.54, 1.807) is 0 Å². The highest BCUT2D eigenvalue weighted by molar-refractivity contribution is 5.85. The van der Waals surface area contributed by atoms with E-state index in [1.165, 1.54) is 12.8 Å². The van der Waals surface area contributed by atoms with Gasteiger partial charge in [-0.1, -0.05) is 13.8 Å². The molecule has 7 heteroatoms. The van der Waals surface area contributed by atoms with E-state index < -0.39 is 0 Å². The second kappa shape index (κ2) is 12.3. The normalized spacial score (nSPS) is 28.6. The summed E-state index contributed by atoms with van der Waals surface area (Å²) < 4.78 is 5.81. The average Bonchev–Trinajstić information content (AvgIpc) is 2.47. The molecule has 0 saturated carbocycles. The van der Waals surface area contributed by atoms with Crippen molar-refractivity contribution in [2.24, 2.45) is 11.8 Å². The van der Waals surface area contributed by atoms with Gasteiger partial charge in [0.1, 0.15) is 0 Å². The minimum Gasteiger partial charge on any atom is -0.373 e. The fraction of sp³-hybridized carbons (Fsp3) is 0.944. The van der Waals surface area contributed by atoms with Crippen LogP contribution >= 0.6 is 24.8 Å². The van der Waals surface area contributed by atoms with Crippen LogP contribution in [-0.2, 0) is 9.53 Å². The van der Waals surface area contributed by atoms with Crippen molar-refractivity contribution in [3.05, 3.63) is 0 Å². The largest absolute Gasteiger partial charge is 0.373 e. The molecule has 2 fully saturated rings. The van der Waals surface area contributed by atoms with Crippen LogP contribution in [0.15, 0.2) is 0 Å². The number of amides is 1. The Morgan fingerprint density at radius 2 is 1.88 bits per heavy atom. The van der Waals surface area contributed by atoms with Gasteiger partial charge in [-0.25, -0.2) is 0 Å². The van der Waals surface area contributed by atoms with Gasteiger partial charge in [-0.05, 0) is 58.0 Å². The molecule has 4 atom stereocenters. The Bertz CT molecular complexity index is 369. The summed E-state index contributed by atoms with van der Waals surface area (Å²) in [7, 11) is 0. The molecule has 2 N–H and O–H groups in total. The number of halogens is 2. The number of nitrogens with one attached hydrogen (secondary N) is 2. The van der Waals surface area contributed by atoms with Crippen molar-refractivity contribution in [2.45, 2.75) is 65.2 Å². The van der Waals surface area contributed by atoms with E-state index in [0.717, 1.165) is 39.1 Å². The molecule has 2 saturated heterocycles. The highest BCUT2D eigenvalue weighted by Gasteiger charge is 2.34. The SMILES string of the molecule is CC1CN(C(C(=O)NCCC2CCCNC2)C(C)C)CC(C)O1.Cl.Cl. The number of piperidine rings is 1. The lowest BCUT2D eigenvalue weighted by atomic mass is 9.96. The first-order chi connectivity index (χ1) is 11.0. The van der Waals surface area contributed by atoms with E-state index in [4.69, 9.17) is 4.74 Å². The van der Waals surface area contributed by atoms with E-state index >= 15 is 0 Å². The zero-order valence-corrected chi connectivity index (χ0v) is 17.8. The summed E-state index contributed by atoms with van der Waals surface area (Å²) >= 11 is 0. The van der Waals surface area contributed by atoms with Crippen molar-refractivity contribution >= 4 is 30.7 Å². The molecule has 5 nitrogen and oxygen atoms in total. The first-order valence-corrected chi connectivity index (χ1v) is 9.35. The molecule has 1 amide bonds. The molecule has 0 aliphatic carbocycles. The smallest absolute Gasteiger partial charge is 0.237 e. The first-order valence-electron chi connectivity index (χ1n) is 9.35. The van der Waals surface area contributed by atoms with E-state index in [-0.39, 0.29) is 49.0 Å². The van der Waals surface area contributed by atoms with E-state index in [9.17, 15) is 4.79 Å². The van der Waals surface area contributed by atoms with Gasteiger partial charge in [0.25, 0.3) is 0 Å². The number of ether oxygens (including phenoxy) is 1. The van der Waals surface area contributed by atoms with E-state index in [2.05, 4.69) is 43.2 Å². The minimum absolute atomic E-state index is 0. The molecule has 2 rings (SSSR count). The van der Waals surface area contributed by atoms with Crippen LogP contribution in [0.1, 0.15) is 47.0 Å². The zero-order chi connectivity index (χ0) is 16.8. The summed E-state index contributed by atoms with van der Waals surface area (Å²) in [5, 5.41) is 6.63. The maximum Gasteiger partial charge on any atom is 0.237 e. The predicted octanol–water partition coefficient (Wildman–Crippen LogP) is 2.47. The number of hydrogen-bond acceptors (Lipinski definition) is 4. The molecule has 2 aliphatic heterocycles. The second-order valence-corrected chi connectivity index (χ2v) is 7.69. The monoisotopic (exact) mass is 397 g/mol. The van der Waals surface area contributed by atoms with E-state index in [1.807, 2.05) is 0 Å². The standard InChI is InChI=1S/C18H35N3O2.2ClH/c1-13(2)17(21-11-14(3)23-15(4)12-21)18(22)20-9-7-16-6-5-8-19-10-16;;/h13-17,19H,5-12H2,1-4H3,(H,20,22);2*1H.